The summed E-state index contributed by atoms with van der Waals surface area (Å²) in [5.41, 5.74) is 2.43. The molecule has 1 heterocycles. The summed E-state index contributed by atoms with van der Waals surface area (Å²) in [4.78, 5) is 4.06. The summed E-state index contributed by atoms with van der Waals surface area (Å²) in [6.45, 7) is 2.99. The maximum Gasteiger partial charge on any atom is 0.123 e. The summed E-state index contributed by atoms with van der Waals surface area (Å²) in [7, 11) is 0. The first-order valence-corrected chi connectivity index (χ1v) is 5.88. The van der Waals surface area contributed by atoms with Gasteiger partial charge in [-0.1, -0.05) is 31.5 Å². The van der Waals surface area contributed by atoms with Crippen LogP contribution in [-0.2, 0) is 0 Å². The Labute approximate surface area is 83.8 Å². The number of nitrogens with zero attached hydrogens (tertiary/aromatic N) is 1. The first-order chi connectivity index (χ1) is 6.21. The van der Waals surface area contributed by atoms with Crippen LogP contribution < -0.4 is 0 Å². The molecule has 0 bridgehead atoms. The maximum absolute atomic E-state index is 10.4. The van der Waals surface area contributed by atoms with E-state index >= 15 is 0 Å². The van der Waals surface area contributed by atoms with Crippen molar-refractivity contribution in [1.82, 2.24) is 0 Å². The van der Waals surface area contributed by atoms with Gasteiger partial charge in [0.25, 0.3) is 0 Å². The molecule has 1 aliphatic heterocycles. The lowest BCUT2D eigenvalue weighted by atomic mass is 9.77. The van der Waals surface area contributed by atoms with Crippen LogP contribution >= 0.6 is 11.8 Å². The Morgan fingerprint density at radius 3 is 3.08 bits per heavy atom. The van der Waals surface area contributed by atoms with Crippen molar-refractivity contribution in [3.8, 4) is 0 Å². The van der Waals surface area contributed by atoms with Gasteiger partial charge in [0.15, 0.2) is 0 Å². The first kappa shape index (κ1) is 9.53. The number of rotatable bonds is 1. The number of aliphatic hydroxyl groups is 1. The van der Waals surface area contributed by atoms with Crippen LogP contribution in [0, 0.1) is 5.92 Å². The third-order valence-electron chi connectivity index (χ3n) is 3.12. The Morgan fingerprint density at radius 2 is 2.46 bits per heavy atom. The van der Waals surface area contributed by atoms with Gasteiger partial charge in [0.05, 0.1) is 17.4 Å². The molecule has 3 atom stereocenters. The average Bonchev–Trinajstić information content (AvgIpc) is 2.55. The fourth-order valence-corrected chi connectivity index (χ4v) is 3.25. The first-order valence-electron chi connectivity index (χ1n) is 5.00. The highest BCUT2D eigenvalue weighted by atomic mass is 32.2. The molecule has 1 saturated carbocycles. The molecule has 3 unspecified atom stereocenters. The summed E-state index contributed by atoms with van der Waals surface area (Å²) >= 11 is 1.58. The molecule has 1 fully saturated rings. The second-order valence-corrected chi connectivity index (χ2v) is 5.33. The maximum atomic E-state index is 10.4. The van der Waals surface area contributed by atoms with Gasteiger partial charge >= 0.3 is 0 Å². The van der Waals surface area contributed by atoms with Gasteiger partial charge in [-0.15, -0.1) is 0 Å². The van der Waals surface area contributed by atoms with Crippen LogP contribution in [0.25, 0.3) is 0 Å². The second kappa shape index (κ2) is 3.62. The largest absolute Gasteiger partial charge is 0.389 e. The van der Waals surface area contributed by atoms with Gasteiger partial charge in [0, 0.05) is 0 Å². The van der Waals surface area contributed by atoms with Gasteiger partial charge in [-0.2, -0.15) is 0 Å². The lowest BCUT2D eigenvalue weighted by molar-refractivity contribution is -0.0118. The quantitative estimate of drug-likeness (QED) is 0.698. The fourth-order valence-electron chi connectivity index (χ4n) is 2.39. The SMILES string of the molecule is CC1CCCC(O)(C2CN=[C]S2)C1. The predicted molar refractivity (Wildman–Crippen MR) is 56.3 cm³/mol. The zero-order chi connectivity index (χ0) is 9.31. The molecule has 2 nitrogen and oxygen atoms in total. The Kier molecular flexibility index (Phi) is 2.65. The number of hydrogen-bond donors (Lipinski definition) is 1. The molecule has 2 aliphatic rings. The number of aliphatic imine (C=N–C) groups is 1. The molecule has 13 heavy (non-hydrogen) atoms. The van der Waals surface area contributed by atoms with Crippen molar-refractivity contribution >= 4 is 17.3 Å². The van der Waals surface area contributed by atoms with Gasteiger partial charge in [-0.25, -0.2) is 0 Å². The van der Waals surface area contributed by atoms with E-state index in [1.54, 1.807) is 11.8 Å². The van der Waals surface area contributed by atoms with E-state index in [0.717, 1.165) is 25.8 Å². The molecule has 1 aliphatic carbocycles. The van der Waals surface area contributed by atoms with Crippen molar-refractivity contribution in [2.75, 3.05) is 6.54 Å². The topological polar surface area (TPSA) is 32.6 Å². The van der Waals surface area contributed by atoms with Crippen LogP contribution in [0.1, 0.15) is 32.6 Å². The van der Waals surface area contributed by atoms with Gasteiger partial charge in [-0.3, -0.25) is 4.99 Å². The van der Waals surface area contributed by atoms with Crippen LogP contribution in [0.3, 0.4) is 0 Å². The van der Waals surface area contributed by atoms with Crippen molar-refractivity contribution < 1.29 is 5.11 Å². The van der Waals surface area contributed by atoms with Crippen molar-refractivity contribution in [2.45, 2.75) is 43.5 Å². The Bertz CT molecular complexity index is 211. The molecule has 3 heteroatoms. The summed E-state index contributed by atoms with van der Waals surface area (Å²) in [5.74, 6) is 0.667. The smallest absolute Gasteiger partial charge is 0.123 e. The molecule has 73 valence electrons. The monoisotopic (exact) mass is 198 g/mol. The highest BCUT2D eigenvalue weighted by Gasteiger charge is 2.41. The third kappa shape index (κ3) is 1.91. The van der Waals surface area contributed by atoms with Crippen molar-refractivity contribution in [2.24, 2.45) is 10.9 Å². The minimum absolute atomic E-state index is 0.273. The summed E-state index contributed by atoms with van der Waals surface area (Å²) < 4.78 is 0. The van der Waals surface area contributed by atoms with E-state index in [2.05, 4.69) is 17.5 Å². The van der Waals surface area contributed by atoms with Gasteiger partial charge in [-0.05, 0) is 18.8 Å². The van der Waals surface area contributed by atoms with Gasteiger partial charge in [0.2, 0.25) is 0 Å². The summed E-state index contributed by atoms with van der Waals surface area (Å²) in [5, 5.41) is 10.7. The Balaban J connectivity index is 2.01. The van der Waals surface area contributed by atoms with Crippen molar-refractivity contribution in [3.63, 3.8) is 0 Å². The van der Waals surface area contributed by atoms with Crippen molar-refractivity contribution in [3.05, 3.63) is 0 Å². The fraction of sp³-hybridized carbons (Fsp3) is 0.900. The van der Waals surface area contributed by atoms with Crippen LogP contribution in [0.2, 0.25) is 0 Å². The molecule has 0 spiro atoms. The minimum Gasteiger partial charge on any atom is -0.389 e. The summed E-state index contributed by atoms with van der Waals surface area (Å²) in [6, 6.07) is 0. The third-order valence-corrected chi connectivity index (χ3v) is 4.23. The number of thioether (sulfide) groups is 1. The Morgan fingerprint density at radius 1 is 1.62 bits per heavy atom. The van der Waals surface area contributed by atoms with E-state index in [0.29, 0.717) is 5.92 Å². The predicted octanol–water partition coefficient (Wildman–Crippen LogP) is 1.95. The van der Waals surface area contributed by atoms with Crippen LogP contribution in [-0.4, -0.2) is 28.0 Å². The standard InChI is InChI=1S/C10H16NOS/c1-8-3-2-4-10(12,5-8)9-6-11-7-13-9/h8-9,12H,2-6H2,1H3. The van der Waals surface area contributed by atoms with Gasteiger partial charge in [0.1, 0.15) is 5.55 Å². The van der Waals surface area contributed by atoms with E-state index < -0.39 is 5.60 Å². The highest BCUT2D eigenvalue weighted by Crippen LogP contribution is 2.40. The molecule has 1 N–H and O–H groups in total. The average molecular weight is 198 g/mol. The van der Waals surface area contributed by atoms with Crippen LogP contribution in [0.4, 0.5) is 0 Å². The molecule has 0 saturated heterocycles. The molecule has 2 rings (SSSR count). The molecule has 0 aromatic heterocycles. The van der Waals surface area contributed by atoms with E-state index in [-0.39, 0.29) is 5.25 Å². The molecular weight excluding hydrogens is 182 g/mol. The van der Waals surface area contributed by atoms with Crippen LogP contribution in [0.5, 0.6) is 0 Å². The normalized spacial score (nSPS) is 45.4. The molecule has 1 radical (unpaired) electrons. The molecule has 0 amide bonds. The summed E-state index contributed by atoms with van der Waals surface area (Å²) in [6.07, 6.45) is 4.33. The molecular formula is C10H16NOS. The zero-order valence-electron chi connectivity index (χ0n) is 7.99. The van der Waals surface area contributed by atoms with E-state index in [1.165, 1.54) is 6.42 Å². The number of hydrogen-bond acceptors (Lipinski definition) is 3. The van der Waals surface area contributed by atoms with Crippen LogP contribution in [0.15, 0.2) is 4.99 Å². The molecule has 0 aromatic rings. The lowest BCUT2D eigenvalue weighted by Crippen LogP contribution is -2.44. The van der Waals surface area contributed by atoms with E-state index in [4.69, 9.17) is 0 Å². The van der Waals surface area contributed by atoms with E-state index in [9.17, 15) is 5.11 Å². The zero-order valence-corrected chi connectivity index (χ0v) is 8.81. The van der Waals surface area contributed by atoms with E-state index in [1.807, 2.05) is 0 Å². The molecule has 0 aromatic carbocycles. The minimum atomic E-state index is -0.463. The second-order valence-electron chi connectivity index (χ2n) is 4.34. The lowest BCUT2D eigenvalue weighted by Gasteiger charge is -2.39. The van der Waals surface area contributed by atoms with Crippen molar-refractivity contribution in [1.29, 1.82) is 0 Å². The highest BCUT2D eigenvalue weighted by molar-refractivity contribution is 8.13. The van der Waals surface area contributed by atoms with Gasteiger partial charge < -0.3 is 5.11 Å². The Hall–Kier alpha value is -0.0200.